The Bertz CT molecular complexity index is 840. The fourth-order valence-electron chi connectivity index (χ4n) is 6.99. The maximum absolute atomic E-state index is 12.9. The number of carbonyl (C=O) groups is 1. The Morgan fingerprint density at radius 2 is 1.17 bits per heavy atom. The number of amides is 1. The van der Waals surface area contributed by atoms with Gasteiger partial charge in [-0.15, -0.1) is 0 Å². The van der Waals surface area contributed by atoms with E-state index in [0.717, 1.165) is 44.4 Å². The lowest BCUT2D eigenvalue weighted by Crippen LogP contribution is -2.60. The van der Waals surface area contributed by atoms with E-state index in [1.165, 1.54) is 128 Å². The van der Waals surface area contributed by atoms with Crippen molar-refractivity contribution in [1.29, 1.82) is 0 Å². The third kappa shape index (κ3) is 25.1. The summed E-state index contributed by atoms with van der Waals surface area (Å²) in [4.78, 5) is 12.9. The summed E-state index contributed by atoms with van der Waals surface area (Å²) >= 11 is 0. The van der Waals surface area contributed by atoms with E-state index in [-0.39, 0.29) is 12.5 Å². The van der Waals surface area contributed by atoms with E-state index in [1.54, 1.807) is 6.08 Å². The molecule has 1 amide bonds. The lowest BCUT2D eigenvalue weighted by Gasteiger charge is -2.40. The molecule has 0 aromatic rings. The van der Waals surface area contributed by atoms with Crippen LogP contribution < -0.4 is 5.32 Å². The highest BCUT2D eigenvalue weighted by molar-refractivity contribution is 5.76. The molecular formula is C43H83NO8. The minimum absolute atomic E-state index is 0.176. The summed E-state index contributed by atoms with van der Waals surface area (Å²) in [5, 5.41) is 54.1. The first-order chi connectivity index (χ1) is 25.2. The number of ether oxygens (including phenoxy) is 2. The molecule has 6 N–H and O–H groups in total. The lowest BCUT2D eigenvalue weighted by molar-refractivity contribution is -0.302. The van der Waals surface area contributed by atoms with E-state index in [9.17, 15) is 30.3 Å². The average Bonchev–Trinajstić information content (AvgIpc) is 3.13. The molecule has 0 aromatic heterocycles. The summed E-state index contributed by atoms with van der Waals surface area (Å²) in [6, 6.07) is -0.798. The summed E-state index contributed by atoms with van der Waals surface area (Å²) in [5.74, 6) is 0.627. The molecule has 308 valence electrons. The molecule has 0 aromatic carbocycles. The number of nitrogens with one attached hydrogen (secondary N) is 1. The van der Waals surface area contributed by atoms with E-state index < -0.39 is 49.5 Å². The van der Waals surface area contributed by atoms with Gasteiger partial charge in [0.05, 0.1) is 25.4 Å². The van der Waals surface area contributed by atoms with Gasteiger partial charge in [-0.3, -0.25) is 4.79 Å². The van der Waals surface area contributed by atoms with E-state index >= 15 is 0 Å². The van der Waals surface area contributed by atoms with E-state index in [1.807, 2.05) is 6.08 Å². The molecule has 0 bridgehead atoms. The van der Waals surface area contributed by atoms with Crippen molar-refractivity contribution >= 4 is 5.91 Å². The van der Waals surface area contributed by atoms with Crippen LogP contribution in [0.5, 0.6) is 0 Å². The largest absolute Gasteiger partial charge is 0.394 e. The van der Waals surface area contributed by atoms with E-state index in [4.69, 9.17) is 9.47 Å². The van der Waals surface area contributed by atoms with Crippen molar-refractivity contribution in [1.82, 2.24) is 5.32 Å². The topological polar surface area (TPSA) is 149 Å². The van der Waals surface area contributed by atoms with Crippen LogP contribution in [0.25, 0.3) is 0 Å². The second kappa shape index (κ2) is 33.3. The fraction of sp³-hybridized carbons (Fsp3) is 0.930. The Balaban J connectivity index is 2.39. The maximum atomic E-state index is 12.9. The van der Waals surface area contributed by atoms with E-state index in [2.05, 4.69) is 26.1 Å². The van der Waals surface area contributed by atoms with E-state index in [0.29, 0.717) is 6.42 Å². The standard InChI is InChI=1S/C43H83NO8/c1-4-5-6-7-8-9-10-11-12-13-17-20-23-26-29-32-39(47)44-36(34-51-43-42(50)41(49)40(48)38(33-45)52-43)37(46)31-28-25-22-19-16-14-15-18-21-24-27-30-35(2)3/h28,31,35-38,40-43,45-46,48-50H,4-27,29-30,32-34H2,1-3H3,(H,44,47). The predicted molar refractivity (Wildman–Crippen MR) is 212 cm³/mol. The summed E-state index contributed by atoms with van der Waals surface area (Å²) in [7, 11) is 0. The number of allylic oxidation sites excluding steroid dienone is 1. The van der Waals surface area contributed by atoms with Crippen molar-refractivity contribution in [3.05, 3.63) is 12.2 Å². The molecule has 1 heterocycles. The molecule has 1 fully saturated rings. The molecule has 1 saturated heterocycles. The number of hydrogen-bond acceptors (Lipinski definition) is 8. The summed E-state index contributed by atoms with van der Waals surface area (Å²) in [5.41, 5.74) is 0. The molecule has 0 saturated carbocycles. The Labute approximate surface area is 318 Å². The predicted octanol–water partition coefficient (Wildman–Crippen LogP) is 8.41. The van der Waals surface area contributed by atoms with Gasteiger partial charge in [0.1, 0.15) is 24.4 Å². The minimum Gasteiger partial charge on any atom is -0.394 e. The monoisotopic (exact) mass is 742 g/mol. The highest BCUT2D eigenvalue weighted by Crippen LogP contribution is 2.23. The number of unbranched alkanes of at least 4 members (excludes halogenated alkanes) is 23. The molecule has 1 rings (SSSR count). The number of rotatable bonds is 35. The van der Waals surface area contributed by atoms with Crippen LogP contribution in [0, 0.1) is 5.92 Å². The Hall–Kier alpha value is -1.07. The first-order valence-electron chi connectivity index (χ1n) is 21.8. The lowest BCUT2D eigenvalue weighted by atomic mass is 9.99. The second-order valence-electron chi connectivity index (χ2n) is 16.0. The van der Waals surface area contributed by atoms with Crippen LogP contribution in [0.3, 0.4) is 0 Å². The van der Waals surface area contributed by atoms with Gasteiger partial charge in [-0.1, -0.05) is 181 Å². The third-order valence-electron chi connectivity index (χ3n) is 10.5. The Morgan fingerprint density at radius 3 is 1.67 bits per heavy atom. The van der Waals surface area contributed by atoms with Crippen molar-refractivity contribution in [3.8, 4) is 0 Å². The highest BCUT2D eigenvalue weighted by atomic mass is 16.7. The zero-order valence-corrected chi connectivity index (χ0v) is 33.7. The molecule has 0 aliphatic carbocycles. The van der Waals surface area contributed by atoms with Gasteiger partial charge in [0, 0.05) is 6.42 Å². The molecule has 1 aliphatic rings. The van der Waals surface area contributed by atoms with Crippen molar-refractivity contribution < 1.29 is 39.8 Å². The maximum Gasteiger partial charge on any atom is 0.220 e. The zero-order chi connectivity index (χ0) is 38.2. The van der Waals surface area contributed by atoms with Crippen LogP contribution in [0.15, 0.2) is 12.2 Å². The number of aliphatic hydroxyl groups excluding tert-OH is 5. The Morgan fingerprint density at radius 1 is 0.692 bits per heavy atom. The first kappa shape index (κ1) is 48.9. The smallest absolute Gasteiger partial charge is 0.220 e. The van der Waals surface area contributed by atoms with Crippen molar-refractivity contribution in [2.75, 3.05) is 13.2 Å². The number of aliphatic hydroxyl groups is 5. The van der Waals surface area contributed by atoms with Crippen LogP contribution in [-0.4, -0.2) is 87.5 Å². The van der Waals surface area contributed by atoms with Gasteiger partial charge < -0.3 is 40.3 Å². The molecule has 7 unspecified atom stereocenters. The minimum atomic E-state index is -1.56. The van der Waals surface area contributed by atoms with Crippen LogP contribution in [0.2, 0.25) is 0 Å². The summed E-state index contributed by atoms with van der Waals surface area (Å²) in [6.45, 7) is 6.09. The normalized spacial score (nSPS) is 22.0. The van der Waals surface area contributed by atoms with Crippen LogP contribution in [0.4, 0.5) is 0 Å². The van der Waals surface area contributed by atoms with Crippen molar-refractivity contribution in [2.24, 2.45) is 5.92 Å². The SMILES string of the molecule is CCCCCCCCCCCCCCCCCC(=O)NC(COC1OC(CO)C(O)C(O)C1O)C(O)C=CCCCCCCCCCCCC(C)C. The number of hydrogen-bond donors (Lipinski definition) is 6. The highest BCUT2D eigenvalue weighted by Gasteiger charge is 2.44. The van der Waals surface area contributed by atoms with Gasteiger partial charge in [0.25, 0.3) is 0 Å². The molecule has 7 atom stereocenters. The van der Waals surface area contributed by atoms with Gasteiger partial charge in [-0.25, -0.2) is 0 Å². The summed E-state index contributed by atoms with van der Waals surface area (Å²) in [6.07, 6.45) is 28.2. The van der Waals surface area contributed by atoms with Crippen LogP contribution in [0.1, 0.15) is 194 Å². The molecule has 0 radical (unpaired) electrons. The van der Waals surface area contributed by atoms with Gasteiger partial charge in [-0.05, 0) is 25.2 Å². The van der Waals surface area contributed by atoms with Gasteiger partial charge in [0.2, 0.25) is 5.91 Å². The van der Waals surface area contributed by atoms with Crippen molar-refractivity contribution in [3.63, 3.8) is 0 Å². The average molecular weight is 742 g/mol. The second-order valence-corrected chi connectivity index (χ2v) is 16.0. The first-order valence-corrected chi connectivity index (χ1v) is 21.8. The van der Waals surface area contributed by atoms with Gasteiger partial charge in [-0.2, -0.15) is 0 Å². The molecule has 1 aliphatic heterocycles. The number of carbonyl (C=O) groups excluding carboxylic acids is 1. The van der Waals surface area contributed by atoms with Gasteiger partial charge in [0.15, 0.2) is 6.29 Å². The summed E-state index contributed by atoms with van der Waals surface area (Å²) < 4.78 is 11.2. The zero-order valence-electron chi connectivity index (χ0n) is 33.7. The Kier molecular flexibility index (Phi) is 31.3. The van der Waals surface area contributed by atoms with Gasteiger partial charge >= 0.3 is 0 Å². The van der Waals surface area contributed by atoms with Crippen LogP contribution >= 0.6 is 0 Å². The third-order valence-corrected chi connectivity index (χ3v) is 10.5. The van der Waals surface area contributed by atoms with Crippen molar-refractivity contribution in [2.45, 2.75) is 237 Å². The quantitative estimate of drug-likeness (QED) is 0.0280. The molecule has 9 heteroatoms. The molecule has 52 heavy (non-hydrogen) atoms. The van der Waals surface area contributed by atoms with Crippen LogP contribution in [-0.2, 0) is 14.3 Å². The molecule has 0 spiro atoms. The fourth-order valence-corrected chi connectivity index (χ4v) is 6.99. The molecular weight excluding hydrogens is 658 g/mol. The molecule has 9 nitrogen and oxygen atoms in total.